The van der Waals surface area contributed by atoms with Crippen LogP contribution in [-0.4, -0.2) is 49.7 Å². The number of benzene rings is 3. The molecule has 0 aromatic heterocycles. The molecule has 1 N–H and O–H groups in total. The van der Waals surface area contributed by atoms with Gasteiger partial charge in [-0.15, -0.1) is 0 Å². The van der Waals surface area contributed by atoms with Crippen LogP contribution in [0.25, 0.3) is 0 Å². The molecule has 3 rings (SSSR count). The van der Waals surface area contributed by atoms with Gasteiger partial charge in [-0.3, -0.25) is 24.0 Å². The van der Waals surface area contributed by atoms with E-state index in [1.54, 1.807) is 31.2 Å². The van der Waals surface area contributed by atoms with Crippen molar-refractivity contribution in [2.24, 2.45) is 0 Å². The number of sulfonamides is 1. The molecular weight excluding hydrogens is 567 g/mol. The molecule has 3 aromatic rings. The average Bonchev–Trinajstić information content (AvgIpc) is 2.93. The summed E-state index contributed by atoms with van der Waals surface area (Å²) in [6.45, 7) is 0.844. The zero-order valence-electron chi connectivity index (χ0n) is 21.1. The minimum Gasteiger partial charge on any atom is -0.357 e. The minimum atomic E-state index is -4.30. The highest BCUT2D eigenvalue weighted by atomic mass is 35.5. The highest BCUT2D eigenvalue weighted by Gasteiger charge is 2.34. The van der Waals surface area contributed by atoms with E-state index in [4.69, 9.17) is 23.2 Å². The Morgan fingerprint density at radius 1 is 0.974 bits per heavy atom. The largest absolute Gasteiger partial charge is 0.357 e. The highest BCUT2D eigenvalue weighted by molar-refractivity contribution is 7.92. The molecule has 39 heavy (non-hydrogen) atoms. The van der Waals surface area contributed by atoms with Crippen LogP contribution < -0.4 is 9.62 Å². The predicted molar refractivity (Wildman–Crippen MR) is 149 cm³/mol. The molecule has 206 valence electrons. The van der Waals surface area contributed by atoms with Gasteiger partial charge in [0.1, 0.15) is 12.6 Å². The first-order valence-electron chi connectivity index (χ1n) is 11.8. The number of likely N-dealkylation sites (N-methyl/N-ethyl adjacent to an activating group) is 1. The van der Waals surface area contributed by atoms with Crippen LogP contribution in [0.3, 0.4) is 0 Å². The third-order valence-electron chi connectivity index (χ3n) is 5.98. The smallest absolute Gasteiger partial charge is 0.269 e. The molecule has 0 saturated heterocycles. The van der Waals surface area contributed by atoms with Crippen LogP contribution >= 0.6 is 23.2 Å². The Morgan fingerprint density at radius 3 is 2.08 bits per heavy atom. The Bertz CT molecular complexity index is 1430. The third-order valence-corrected chi connectivity index (χ3v) is 8.48. The van der Waals surface area contributed by atoms with Crippen LogP contribution in [0.4, 0.5) is 11.4 Å². The van der Waals surface area contributed by atoms with Crippen LogP contribution in [-0.2, 0) is 26.2 Å². The van der Waals surface area contributed by atoms with Crippen LogP contribution in [0.2, 0.25) is 10.0 Å². The lowest BCUT2D eigenvalue weighted by molar-refractivity contribution is -0.384. The number of carbonyl (C=O) groups is 2. The second kappa shape index (κ2) is 12.9. The van der Waals surface area contributed by atoms with E-state index in [1.165, 1.54) is 48.3 Å². The molecule has 2 amide bonds. The zero-order chi connectivity index (χ0) is 28.7. The maximum atomic E-state index is 13.9. The van der Waals surface area contributed by atoms with E-state index in [-0.39, 0.29) is 39.3 Å². The maximum absolute atomic E-state index is 13.9. The highest BCUT2D eigenvalue weighted by Crippen LogP contribution is 2.29. The molecule has 0 bridgehead atoms. The fraction of sp³-hybridized carbons (Fsp3) is 0.231. The van der Waals surface area contributed by atoms with Gasteiger partial charge in [-0.2, -0.15) is 0 Å². The van der Waals surface area contributed by atoms with Crippen molar-refractivity contribution in [3.8, 4) is 0 Å². The second-order valence-corrected chi connectivity index (χ2v) is 11.0. The molecule has 0 heterocycles. The number of non-ortho nitro benzene ring substituents is 1. The van der Waals surface area contributed by atoms with Crippen molar-refractivity contribution in [2.45, 2.75) is 30.8 Å². The van der Waals surface area contributed by atoms with E-state index in [0.29, 0.717) is 5.56 Å². The third kappa shape index (κ3) is 6.86. The number of nitrogens with one attached hydrogen (secondary N) is 1. The number of hydrogen-bond donors (Lipinski definition) is 1. The molecule has 0 unspecified atom stereocenters. The molecule has 13 heteroatoms. The number of nitro benzene ring substituents is 1. The Hall–Kier alpha value is -3.67. The predicted octanol–water partition coefficient (Wildman–Crippen LogP) is 4.65. The van der Waals surface area contributed by atoms with E-state index >= 15 is 0 Å². The molecular formula is C26H26Cl2N4O6S. The molecule has 0 aliphatic carbocycles. The quantitative estimate of drug-likeness (QED) is 0.255. The van der Waals surface area contributed by atoms with Crippen molar-refractivity contribution >= 4 is 56.4 Å². The van der Waals surface area contributed by atoms with E-state index < -0.39 is 39.3 Å². The topological polar surface area (TPSA) is 130 Å². The first-order chi connectivity index (χ1) is 18.5. The van der Waals surface area contributed by atoms with Gasteiger partial charge < -0.3 is 10.2 Å². The standard InChI is InChI=1S/C26H26Cl2N4O6S/c1-3-24(26(34)29-2)30(16-21-22(27)10-7-11-23(21)28)25(33)17-31(18-12-14-19(15-13-18)32(35)36)39(37,38)20-8-5-4-6-9-20/h4-15,24H,3,16-17H2,1-2H3,(H,29,34)/t24-/m1/s1. The molecule has 10 nitrogen and oxygen atoms in total. The SMILES string of the molecule is CC[C@H](C(=O)NC)N(Cc1c(Cl)cccc1Cl)C(=O)CN(c1ccc([N+](=O)[O-])cc1)S(=O)(=O)c1ccccc1. The lowest BCUT2D eigenvalue weighted by Crippen LogP contribution is -2.51. The van der Waals surface area contributed by atoms with Crippen molar-refractivity contribution < 1.29 is 22.9 Å². The molecule has 0 spiro atoms. The number of nitro groups is 1. The molecule has 0 aliphatic heterocycles. The zero-order valence-corrected chi connectivity index (χ0v) is 23.4. The van der Waals surface area contributed by atoms with Gasteiger partial charge in [0.2, 0.25) is 11.8 Å². The minimum absolute atomic E-state index is 0.0292. The van der Waals surface area contributed by atoms with Gasteiger partial charge >= 0.3 is 0 Å². The fourth-order valence-corrected chi connectivity index (χ4v) is 5.88. The van der Waals surface area contributed by atoms with Crippen molar-refractivity contribution in [1.82, 2.24) is 10.2 Å². The Balaban J connectivity index is 2.10. The van der Waals surface area contributed by atoms with Crippen LogP contribution in [0.5, 0.6) is 0 Å². The molecule has 1 atom stereocenters. The number of halogens is 2. The van der Waals surface area contributed by atoms with Gasteiger partial charge in [-0.1, -0.05) is 54.4 Å². The van der Waals surface area contributed by atoms with Gasteiger partial charge in [0, 0.05) is 41.3 Å². The number of anilines is 1. The van der Waals surface area contributed by atoms with Gasteiger partial charge in [-0.25, -0.2) is 8.42 Å². The number of nitrogens with zero attached hydrogens (tertiary/aromatic N) is 3. The summed E-state index contributed by atoms with van der Waals surface area (Å²) in [5.74, 6) is -1.17. The Morgan fingerprint density at radius 2 is 1.56 bits per heavy atom. The molecule has 0 aliphatic rings. The van der Waals surface area contributed by atoms with Gasteiger partial charge in [0.15, 0.2) is 0 Å². The molecule has 0 saturated carbocycles. The summed E-state index contributed by atoms with van der Waals surface area (Å²) in [4.78, 5) is 38.3. The summed E-state index contributed by atoms with van der Waals surface area (Å²) in [5, 5.41) is 14.2. The lowest BCUT2D eigenvalue weighted by atomic mass is 10.1. The van der Waals surface area contributed by atoms with Gasteiger partial charge in [0.05, 0.1) is 15.5 Å². The first kappa shape index (κ1) is 29.9. The van der Waals surface area contributed by atoms with Crippen LogP contribution in [0.1, 0.15) is 18.9 Å². The summed E-state index contributed by atoms with van der Waals surface area (Å²) in [5.41, 5.74) is 0.175. The van der Waals surface area contributed by atoms with E-state index in [2.05, 4.69) is 5.32 Å². The summed E-state index contributed by atoms with van der Waals surface area (Å²) in [6, 6.07) is 16.1. The molecule has 3 aromatic carbocycles. The Kier molecular flexibility index (Phi) is 9.90. The summed E-state index contributed by atoms with van der Waals surface area (Å²) in [7, 11) is -2.87. The Labute approximate surface area is 236 Å². The van der Waals surface area contributed by atoms with Gasteiger partial charge in [-0.05, 0) is 42.8 Å². The molecule has 0 radical (unpaired) electrons. The van der Waals surface area contributed by atoms with E-state index in [9.17, 15) is 28.1 Å². The van der Waals surface area contributed by atoms with Gasteiger partial charge in [0.25, 0.3) is 15.7 Å². The van der Waals surface area contributed by atoms with Crippen molar-refractivity contribution in [1.29, 1.82) is 0 Å². The van der Waals surface area contributed by atoms with Crippen LogP contribution in [0, 0.1) is 10.1 Å². The number of carbonyl (C=O) groups excluding carboxylic acids is 2. The summed E-state index contributed by atoms with van der Waals surface area (Å²) >= 11 is 12.7. The van der Waals surface area contributed by atoms with E-state index in [1.807, 2.05) is 0 Å². The maximum Gasteiger partial charge on any atom is 0.269 e. The van der Waals surface area contributed by atoms with Crippen LogP contribution in [0.15, 0.2) is 77.7 Å². The number of rotatable bonds is 11. The monoisotopic (exact) mass is 592 g/mol. The first-order valence-corrected chi connectivity index (χ1v) is 14.0. The number of hydrogen-bond acceptors (Lipinski definition) is 6. The molecule has 0 fully saturated rings. The summed E-state index contributed by atoms with van der Waals surface area (Å²) in [6.07, 6.45) is 0.219. The van der Waals surface area contributed by atoms with Crippen molar-refractivity contribution in [2.75, 3.05) is 17.9 Å². The summed E-state index contributed by atoms with van der Waals surface area (Å²) < 4.78 is 28.3. The normalized spacial score (nSPS) is 11.9. The lowest BCUT2D eigenvalue weighted by Gasteiger charge is -2.33. The van der Waals surface area contributed by atoms with Crippen molar-refractivity contribution in [3.05, 3.63) is 98.5 Å². The van der Waals surface area contributed by atoms with E-state index in [0.717, 1.165) is 16.4 Å². The number of amides is 2. The fourth-order valence-electron chi connectivity index (χ4n) is 3.93. The van der Waals surface area contributed by atoms with Crippen molar-refractivity contribution in [3.63, 3.8) is 0 Å². The average molecular weight is 593 g/mol. The second-order valence-electron chi connectivity index (χ2n) is 8.36.